The van der Waals surface area contributed by atoms with Crippen LogP contribution >= 0.6 is 0 Å². The van der Waals surface area contributed by atoms with Crippen LogP contribution in [0.2, 0.25) is 0 Å². The predicted octanol–water partition coefficient (Wildman–Crippen LogP) is 1.77. The lowest BCUT2D eigenvalue weighted by molar-refractivity contribution is -0.118. The summed E-state index contributed by atoms with van der Waals surface area (Å²) in [7, 11) is -2.12. The third-order valence-electron chi connectivity index (χ3n) is 4.32. The molecule has 2 aromatic rings. The summed E-state index contributed by atoms with van der Waals surface area (Å²) in [6, 6.07) is 13.5. The fraction of sp³-hybridized carbons (Fsp3) is 0.278. The second-order valence-electron chi connectivity index (χ2n) is 5.96. The molecule has 0 bridgehead atoms. The Hall–Kier alpha value is -2.74. The number of sulfonamides is 1. The highest BCUT2D eigenvalue weighted by molar-refractivity contribution is 7.92. The molecule has 0 aromatic heterocycles. The fourth-order valence-corrected chi connectivity index (χ4v) is 3.85. The standard InChI is InChI=1S/C18H21N3O4S/c1-25-17-6-8-18(9-7-17)26(23,24)19-15-2-4-16(5-3-15)21-12-10-20(14-22)11-13-21/h2-9,14,19H,10-13H2,1H3. The van der Waals surface area contributed by atoms with Crippen molar-refractivity contribution in [3.05, 3.63) is 48.5 Å². The first-order valence-corrected chi connectivity index (χ1v) is 9.71. The molecule has 8 heteroatoms. The van der Waals surface area contributed by atoms with Crippen LogP contribution in [0.4, 0.5) is 11.4 Å². The van der Waals surface area contributed by atoms with Gasteiger partial charge in [0.25, 0.3) is 10.0 Å². The summed E-state index contributed by atoms with van der Waals surface area (Å²) in [5, 5.41) is 0. The van der Waals surface area contributed by atoms with Crippen LogP contribution in [-0.2, 0) is 14.8 Å². The second kappa shape index (κ2) is 7.65. The van der Waals surface area contributed by atoms with Gasteiger partial charge in [-0.2, -0.15) is 0 Å². The summed E-state index contributed by atoms with van der Waals surface area (Å²) in [6.07, 6.45) is 0.869. The van der Waals surface area contributed by atoms with Gasteiger partial charge in [-0.25, -0.2) is 8.42 Å². The van der Waals surface area contributed by atoms with Crippen molar-refractivity contribution in [3.63, 3.8) is 0 Å². The molecule has 0 radical (unpaired) electrons. The summed E-state index contributed by atoms with van der Waals surface area (Å²) in [5.41, 5.74) is 1.50. The SMILES string of the molecule is COc1ccc(S(=O)(=O)Nc2ccc(N3CCN(C=O)CC3)cc2)cc1. The van der Waals surface area contributed by atoms with E-state index in [0.29, 0.717) is 24.5 Å². The molecule has 1 heterocycles. The lowest BCUT2D eigenvalue weighted by Crippen LogP contribution is -2.45. The maximum Gasteiger partial charge on any atom is 0.261 e. The van der Waals surface area contributed by atoms with Crippen LogP contribution in [0, 0.1) is 0 Å². The number of hydrogen-bond acceptors (Lipinski definition) is 5. The van der Waals surface area contributed by atoms with Gasteiger partial charge >= 0.3 is 0 Å². The number of anilines is 2. The van der Waals surface area contributed by atoms with Gasteiger partial charge in [-0.05, 0) is 48.5 Å². The Kier molecular flexibility index (Phi) is 5.32. The average Bonchev–Trinajstić information content (AvgIpc) is 2.68. The zero-order valence-electron chi connectivity index (χ0n) is 14.5. The Morgan fingerprint density at radius 3 is 2.12 bits per heavy atom. The Bertz CT molecular complexity index is 843. The van der Waals surface area contributed by atoms with E-state index in [1.54, 1.807) is 29.2 Å². The van der Waals surface area contributed by atoms with Crippen LogP contribution in [0.15, 0.2) is 53.4 Å². The number of carbonyl (C=O) groups excluding carboxylic acids is 1. The molecule has 1 amide bonds. The van der Waals surface area contributed by atoms with E-state index in [-0.39, 0.29) is 4.90 Å². The van der Waals surface area contributed by atoms with Gasteiger partial charge in [-0.3, -0.25) is 9.52 Å². The zero-order valence-corrected chi connectivity index (χ0v) is 15.3. The number of nitrogens with zero attached hydrogens (tertiary/aromatic N) is 2. The molecule has 0 unspecified atom stereocenters. The van der Waals surface area contributed by atoms with Crippen LogP contribution in [0.25, 0.3) is 0 Å². The fourth-order valence-electron chi connectivity index (χ4n) is 2.79. The predicted molar refractivity (Wildman–Crippen MR) is 100 cm³/mol. The highest BCUT2D eigenvalue weighted by atomic mass is 32.2. The van der Waals surface area contributed by atoms with Crippen molar-refractivity contribution in [2.45, 2.75) is 4.90 Å². The Morgan fingerprint density at radius 2 is 1.58 bits per heavy atom. The average molecular weight is 375 g/mol. The molecule has 1 N–H and O–H groups in total. The minimum Gasteiger partial charge on any atom is -0.497 e. The largest absolute Gasteiger partial charge is 0.497 e. The highest BCUT2D eigenvalue weighted by Gasteiger charge is 2.17. The maximum absolute atomic E-state index is 12.5. The molecule has 0 saturated carbocycles. The number of ether oxygens (including phenoxy) is 1. The summed E-state index contributed by atoms with van der Waals surface area (Å²) >= 11 is 0. The van der Waals surface area contributed by atoms with E-state index in [4.69, 9.17) is 4.74 Å². The summed E-state index contributed by atoms with van der Waals surface area (Å²) < 4.78 is 32.5. The van der Waals surface area contributed by atoms with E-state index < -0.39 is 10.0 Å². The molecule has 1 aliphatic heterocycles. The first-order chi connectivity index (χ1) is 12.5. The van der Waals surface area contributed by atoms with Gasteiger partial charge in [-0.15, -0.1) is 0 Å². The van der Waals surface area contributed by atoms with E-state index in [1.807, 2.05) is 12.1 Å². The Morgan fingerprint density at radius 1 is 0.962 bits per heavy atom. The van der Waals surface area contributed by atoms with Gasteiger partial charge in [0.2, 0.25) is 6.41 Å². The minimum absolute atomic E-state index is 0.173. The lowest BCUT2D eigenvalue weighted by atomic mass is 10.2. The summed E-state index contributed by atoms with van der Waals surface area (Å²) in [4.78, 5) is 14.9. The van der Waals surface area contributed by atoms with Gasteiger partial charge in [0, 0.05) is 37.6 Å². The van der Waals surface area contributed by atoms with E-state index in [0.717, 1.165) is 25.2 Å². The summed E-state index contributed by atoms with van der Waals surface area (Å²) in [6.45, 7) is 2.90. The zero-order chi connectivity index (χ0) is 18.6. The van der Waals surface area contributed by atoms with Crippen molar-refractivity contribution in [2.24, 2.45) is 0 Å². The van der Waals surface area contributed by atoms with Crippen molar-refractivity contribution in [1.29, 1.82) is 0 Å². The molecule has 0 aliphatic carbocycles. The molecule has 138 valence electrons. The normalized spacial score (nSPS) is 14.8. The van der Waals surface area contributed by atoms with Crippen LogP contribution in [-0.4, -0.2) is 53.0 Å². The first-order valence-electron chi connectivity index (χ1n) is 8.23. The molecule has 0 atom stereocenters. The molecule has 1 saturated heterocycles. The minimum atomic E-state index is -3.65. The van der Waals surface area contributed by atoms with E-state index in [1.165, 1.54) is 19.2 Å². The third kappa shape index (κ3) is 4.08. The Balaban J connectivity index is 1.67. The number of hydrogen-bond donors (Lipinski definition) is 1. The first kappa shape index (κ1) is 18.1. The van der Waals surface area contributed by atoms with Crippen molar-refractivity contribution < 1.29 is 17.9 Å². The molecule has 26 heavy (non-hydrogen) atoms. The van der Waals surface area contributed by atoms with Crippen molar-refractivity contribution in [1.82, 2.24) is 4.90 Å². The second-order valence-corrected chi connectivity index (χ2v) is 7.64. The summed E-state index contributed by atoms with van der Waals surface area (Å²) in [5.74, 6) is 0.600. The number of nitrogens with one attached hydrogen (secondary N) is 1. The monoisotopic (exact) mass is 375 g/mol. The number of rotatable bonds is 6. The number of benzene rings is 2. The number of carbonyl (C=O) groups is 1. The molecular formula is C18H21N3O4S. The van der Waals surface area contributed by atoms with Gasteiger partial charge in [-0.1, -0.05) is 0 Å². The molecule has 1 aliphatic rings. The van der Waals surface area contributed by atoms with Gasteiger partial charge < -0.3 is 14.5 Å². The van der Waals surface area contributed by atoms with E-state index >= 15 is 0 Å². The maximum atomic E-state index is 12.5. The van der Waals surface area contributed by atoms with Gasteiger partial charge in [0.15, 0.2) is 0 Å². The van der Waals surface area contributed by atoms with Gasteiger partial charge in [0.1, 0.15) is 5.75 Å². The molecule has 0 spiro atoms. The van der Waals surface area contributed by atoms with Crippen molar-refractivity contribution >= 4 is 27.8 Å². The Labute approximate surface area is 153 Å². The van der Waals surface area contributed by atoms with Crippen LogP contribution in [0.1, 0.15) is 0 Å². The molecule has 7 nitrogen and oxygen atoms in total. The van der Waals surface area contributed by atoms with E-state index in [2.05, 4.69) is 9.62 Å². The number of piperazine rings is 1. The van der Waals surface area contributed by atoms with Crippen LogP contribution in [0.5, 0.6) is 5.75 Å². The van der Waals surface area contributed by atoms with Crippen molar-refractivity contribution in [2.75, 3.05) is 42.9 Å². The van der Waals surface area contributed by atoms with Crippen LogP contribution < -0.4 is 14.4 Å². The molecule has 3 rings (SSSR count). The third-order valence-corrected chi connectivity index (χ3v) is 5.71. The number of methoxy groups -OCH3 is 1. The smallest absolute Gasteiger partial charge is 0.261 e. The quantitative estimate of drug-likeness (QED) is 0.779. The molecular weight excluding hydrogens is 354 g/mol. The van der Waals surface area contributed by atoms with Gasteiger partial charge in [0.05, 0.1) is 12.0 Å². The molecule has 1 fully saturated rings. The number of amides is 1. The molecule has 2 aromatic carbocycles. The van der Waals surface area contributed by atoms with Crippen molar-refractivity contribution in [3.8, 4) is 5.75 Å². The highest BCUT2D eigenvalue weighted by Crippen LogP contribution is 2.22. The lowest BCUT2D eigenvalue weighted by Gasteiger charge is -2.34. The van der Waals surface area contributed by atoms with Crippen LogP contribution in [0.3, 0.4) is 0 Å². The topological polar surface area (TPSA) is 79.0 Å². The van der Waals surface area contributed by atoms with E-state index in [9.17, 15) is 13.2 Å².